The summed E-state index contributed by atoms with van der Waals surface area (Å²) in [6.45, 7) is 6.05. The maximum atomic E-state index is 12.8. The number of ether oxygens (including phenoxy) is 1. The molecule has 0 radical (unpaired) electrons. The molecule has 0 unspecified atom stereocenters. The van der Waals surface area contributed by atoms with E-state index in [1.54, 1.807) is 45.2 Å². The molecule has 134 valence electrons. The van der Waals surface area contributed by atoms with E-state index in [-0.39, 0.29) is 19.0 Å². The molecule has 6 heteroatoms. The van der Waals surface area contributed by atoms with E-state index in [9.17, 15) is 9.36 Å². The van der Waals surface area contributed by atoms with E-state index < -0.39 is 7.60 Å². The van der Waals surface area contributed by atoms with Crippen LogP contribution in [0.25, 0.3) is 0 Å². The van der Waals surface area contributed by atoms with E-state index in [0.29, 0.717) is 23.3 Å². The van der Waals surface area contributed by atoms with E-state index in [0.717, 1.165) is 12.8 Å². The number of carbonyl (C=O) groups excluding carboxylic acids is 1. The highest BCUT2D eigenvalue weighted by molar-refractivity contribution is 7.57. The highest BCUT2D eigenvalue weighted by Gasteiger charge is 2.24. The predicted molar refractivity (Wildman–Crippen MR) is 95.8 cm³/mol. The Kier molecular flexibility index (Phi) is 8.98. The summed E-state index contributed by atoms with van der Waals surface area (Å²) in [5.41, 5.74) is 0.991. The van der Waals surface area contributed by atoms with Crippen LogP contribution in [0.5, 0.6) is 5.75 Å². The topological polar surface area (TPSA) is 61.8 Å². The third kappa shape index (κ3) is 6.23. The van der Waals surface area contributed by atoms with Crippen LogP contribution in [-0.2, 0) is 13.6 Å². The van der Waals surface area contributed by atoms with Gasteiger partial charge >= 0.3 is 7.60 Å². The Balaban J connectivity index is 3.15. The van der Waals surface area contributed by atoms with Gasteiger partial charge in [-0.3, -0.25) is 9.36 Å². The summed E-state index contributed by atoms with van der Waals surface area (Å²) in [7, 11) is -1.84. The minimum atomic E-state index is -3.41. The van der Waals surface area contributed by atoms with Gasteiger partial charge in [-0.2, -0.15) is 0 Å². The van der Waals surface area contributed by atoms with E-state index >= 15 is 0 Å². The maximum absolute atomic E-state index is 12.8. The lowest BCUT2D eigenvalue weighted by atomic mass is 10.0. The zero-order valence-electron chi connectivity index (χ0n) is 14.9. The van der Waals surface area contributed by atoms with Gasteiger partial charge < -0.3 is 13.8 Å². The zero-order valence-corrected chi connectivity index (χ0v) is 15.8. The van der Waals surface area contributed by atoms with E-state index in [1.807, 2.05) is 6.92 Å². The second-order valence-electron chi connectivity index (χ2n) is 5.19. The predicted octanol–water partition coefficient (Wildman–Crippen LogP) is 5.22. The molecule has 5 nitrogen and oxygen atoms in total. The van der Waals surface area contributed by atoms with E-state index in [4.69, 9.17) is 13.8 Å². The van der Waals surface area contributed by atoms with Crippen LogP contribution in [0, 0.1) is 0 Å². The van der Waals surface area contributed by atoms with Gasteiger partial charge in [0.2, 0.25) is 0 Å². The highest BCUT2D eigenvalue weighted by Crippen LogP contribution is 2.51. The Morgan fingerprint density at radius 2 is 1.67 bits per heavy atom. The summed E-state index contributed by atoms with van der Waals surface area (Å²) in [6, 6.07) is 6.87. The standard InChI is InChI=1S/C18H27O5P/c1-5-8-9-16(14-24(20,22-6-2)23-7-3)18(19)15-10-12-17(21-4)13-11-15/h10-14H,5-9H2,1-4H3/b16-14+. The van der Waals surface area contributed by atoms with Gasteiger partial charge in [-0.1, -0.05) is 13.3 Å². The molecular weight excluding hydrogens is 327 g/mol. The number of hydrogen-bond donors (Lipinski definition) is 0. The molecule has 0 aliphatic carbocycles. The summed E-state index contributed by atoms with van der Waals surface area (Å²) < 4.78 is 28.4. The van der Waals surface area contributed by atoms with E-state index in [2.05, 4.69) is 0 Å². The first-order valence-electron chi connectivity index (χ1n) is 8.28. The molecule has 0 spiro atoms. The van der Waals surface area contributed by atoms with Gasteiger partial charge in [0.1, 0.15) is 5.75 Å². The van der Waals surface area contributed by atoms with Crippen LogP contribution in [0.15, 0.2) is 35.7 Å². The smallest absolute Gasteiger partial charge is 0.354 e. The van der Waals surface area contributed by atoms with Crippen LogP contribution in [0.3, 0.4) is 0 Å². The number of allylic oxidation sites excluding steroid dienone is 1. The molecule has 0 saturated heterocycles. The summed E-state index contributed by atoms with van der Waals surface area (Å²) in [5.74, 6) is 1.91. The van der Waals surface area contributed by atoms with Crippen molar-refractivity contribution in [1.29, 1.82) is 0 Å². The Morgan fingerprint density at radius 1 is 1.08 bits per heavy atom. The zero-order chi connectivity index (χ0) is 18.0. The normalized spacial score (nSPS) is 12.2. The van der Waals surface area contributed by atoms with Crippen molar-refractivity contribution in [1.82, 2.24) is 0 Å². The molecule has 0 aliphatic rings. The van der Waals surface area contributed by atoms with Crippen molar-refractivity contribution in [3.05, 3.63) is 41.2 Å². The molecule has 1 aromatic carbocycles. The van der Waals surface area contributed by atoms with Crippen molar-refractivity contribution < 1.29 is 23.1 Å². The largest absolute Gasteiger partial charge is 0.497 e. The second kappa shape index (κ2) is 10.4. The first-order chi connectivity index (χ1) is 11.5. The molecule has 24 heavy (non-hydrogen) atoms. The summed E-state index contributed by atoms with van der Waals surface area (Å²) in [4.78, 5) is 12.8. The van der Waals surface area contributed by atoms with Crippen LogP contribution >= 0.6 is 7.60 Å². The summed E-state index contributed by atoms with van der Waals surface area (Å²) >= 11 is 0. The van der Waals surface area contributed by atoms with Gasteiger partial charge in [0.15, 0.2) is 5.78 Å². The number of carbonyl (C=O) groups is 1. The Labute approximate surface area is 144 Å². The molecule has 0 N–H and O–H groups in total. The molecule has 0 atom stereocenters. The van der Waals surface area contributed by atoms with Crippen molar-refractivity contribution in [2.24, 2.45) is 0 Å². The number of Topliss-reactive ketones (excluding diaryl/α,β-unsaturated/α-hetero) is 1. The van der Waals surface area contributed by atoms with Crippen LogP contribution in [0.2, 0.25) is 0 Å². The Morgan fingerprint density at radius 3 is 2.12 bits per heavy atom. The highest BCUT2D eigenvalue weighted by atomic mass is 31.2. The van der Waals surface area contributed by atoms with Gasteiger partial charge in [-0.15, -0.1) is 0 Å². The number of ketones is 1. The lowest BCUT2D eigenvalue weighted by Crippen LogP contribution is -2.05. The molecule has 0 aromatic heterocycles. The van der Waals surface area contributed by atoms with Gasteiger partial charge in [-0.05, 0) is 51.0 Å². The fourth-order valence-corrected chi connectivity index (χ4v) is 3.77. The molecule has 0 amide bonds. The quantitative estimate of drug-likeness (QED) is 0.310. The average Bonchev–Trinajstić information content (AvgIpc) is 2.58. The monoisotopic (exact) mass is 354 g/mol. The van der Waals surface area contributed by atoms with Crippen LogP contribution in [0.4, 0.5) is 0 Å². The Bertz CT molecular complexity index is 582. The second-order valence-corrected chi connectivity index (χ2v) is 7.05. The molecular formula is C18H27O5P. The molecule has 0 bridgehead atoms. The van der Waals surface area contributed by atoms with Gasteiger partial charge in [0, 0.05) is 17.0 Å². The Hall–Kier alpha value is -1.42. The average molecular weight is 354 g/mol. The van der Waals surface area contributed by atoms with Crippen molar-refractivity contribution in [2.45, 2.75) is 40.0 Å². The summed E-state index contributed by atoms with van der Waals surface area (Å²) in [6.07, 6.45) is 2.29. The number of benzene rings is 1. The van der Waals surface area contributed by atoms with Gasteiger partial charge in [-0.25, -0.2) is 0 Å². The van der Waals surface area contributed by atoms with Crippen molar-refractivity contribution in [3.8, 4) is 5.75 Å². The van der Waals surface area contributed by atoms with Crippen LogP contribution < -0.4 is 4.74 Å². The van der Waals surface area contributed by atoms with Crippen molar-refractivity contribution in [2.75, 3.05) is 20.3 Å². The minimum absolute atomic E-state index is 0.161. The third-order valence-electron chi connectivity index (χ3n) is 3.38. The van der Waals surface area contributed by atoms with Crippen molar-refractivity contribution >= 4 is 13.4 Å². The molecule has 0 saturated carbocycles. The van der Waals surface area contributed by atoms with Crippen LogP contribution in [0.1, 0.15) is 50.4 Å². The number of rotatable bonds is 11. The first kappa shape index (κ1) is 20.6. The molecule has 0 fully saturated rings. The fraction of sp³-hybridized carbons (Fsp3) is 0.500. The third-order valence-corrected chi connectivity index (χ3v) is 5.24. The SMILES string of the molecule is CCCC/C(=C\P(=O)(OCC)OCC)C(=O)c1ccc(OC)cc1. The fourth-order valence-electron chi connectivity index (χ4n) is 2.19. The number of unbranched alkanes of at least 4 members (excludes halogenated alkanes) is 1. The number of methoxy groups -OCH3 is 1. The molecule has 0 heterocycles. The lowest BCUT2D eigenvalue weighted by molar-refractivity contribution is 0.102. The van der Waals surface area contributed by atoms with Gasteiger partial charge in [0.05, 0.1) is 20.3 Å². The molecule has 1 aromatic rings. The first-order valence-corrected chi connectivity index (χ1v) is 9.90. The summed E-state index contributed by atoms with van der Waals surface area (Å²) in [5, 5.41) is 0. The van der Waals surface area contributed by atoms with Crippen molar-refractivity contribution in [3.63, 3.8) is 0 Å². The van der Waals surface area contributed by atoms with E-state index in [1.165, 1.54) is 5.82 Å². The minimum Gasteiger partial charge on any atom is -0.497 e. The number of hydrogen-bond acceptors (Lipinski definition) is 5. The van der Waals surface area contributed by atoms with Crippen LogP contribution in [-0.4, -0.2) is 26.1 Å². The van der Waals surface area contributed by atoms with Gasteiger partial charge in [0.25, 0.3) is 0 Å². The molecule has 0 aliphatic heterocycles. The maximum Gasteiger partial charge on any atom is 0.354 e. The lowest BCUT2D eigenvalue weighted by Gasteiger charge is -2.15. The molecule has 1 rings (SSSR count).